The van der Waals surface area contributed by atoms with Crippen LogP contribution in [0.3, 0.4) is 0 Å². The van der Waals surface area contributed by atoms with Gasteiger partial charge in [0.1, 0.15) is 0 Å². The summed E-state index contributed by atoms with van der Waals surface area (Å²) in [5.74, 6) is 1.79. The number of pyridine rings is 2. The molecule has 0 fully saturated rings. The Morgan fingerprint density at radius 1 is 0.222 bits per heavy atom. The summed E-state index contributed by atoms with van der Waals surface area (Å²) < 4.78 is 0. The van der Waals surface area contributed by atoms with Gasteiger partial charge in [-0.3, -0.25) is 9.97 Å². The lowest BCUT2D eigenvalue weighted by atomic mass is 9.91. The molecule has 0 N–H and O–H groups in total. The summed E-state index contributed by atoms with van der Waals surface area (Å²) >= 11 is 0. The van der Waals surface area contributed by atoms with Crippen molar-refractivity contribution in [1.29, 1.82) is 0 Å². The zero-order valence-corrected chi connectivity index (χ0v) is 29.1. The van der Waals surface area contributed by atoms with E-state index < -0.39 is 0 Å². The van der Waals surface area contributed by atoms with Gasteiger partial charge in [0.25, 0.3) is 0 Å². The first-order valence-corrected chi connectivity index (χ1v) is 18.0. The molecule has 0 aliphatic carbocycles. The number of benzene rings is 7. The Bertz CT molecular complexity index is 2900. The van der Waals surface area contributed by atoms with Crippen molar-refractivity contribution in [2.45, 2.75) is 0 Å². The van der Waals surface area contributed by atoms with Gasteiger partial charge >= 0.3 is 0 Å². The quantitative estimate of drug-likeness (QED) is 0.163. The number of rotatable bonds is 6. The highest BCUT2D eigenvalue weighted by Crippen LogP contribution is 2.38. The monoisotopic (exact) mass is 689 g/mol. The van der Waals surface area contributed by atoms with Crippen LogP contribution >= 0.6 is 0 Å². The van der Waals surface area contributed by atoms with E-state index in [1.807, 2.05) is 30.3 Å². The standard InChI is InChI=1S/C49H31N5/c1-2-16-43-41(14-1)42-15-3-4-17-44(42)46-31-39(18-19-45(43)46)37-11-6-9-35(29-37)34-8-5-10-36(28-34)38-12-7-13-40(30-38)49-53-47(32-20-24-50-25-21-32)52-48(54-49)33-22-26-51-27-23-33/h1-31H. The number of nitrogens with zero attached hydrogens (tertiary/aromatic N) is 5. The van der Waals surface area contributed by atoms with Crippen molar-refractivity contribution in [2.75, 3.05) is 0 Å². The summed E-state index contributed by atoms with van der Waals surface area (Å²) in [6.45, 7) is 0. The molecule has 252 valence electrons. The fraction of sp³-hybridized carbons (Fsp3) is 0. The van der Waals surface area contributed by atoms with Gasteiger partial charge in [-0.15, -0.1) is 0 Å². The fourth-order valence-corrected chi connectivity index (χ4v) is 7.45. The van der Waals surface area contributed by atoms with Gasteiger partial charge < -0.3 is 0 Å². The Balaban J connectivity index is 1.02. The molecule has 0 saturated heterocycles. The molecule has 0 spiro atoms. The molecular weight excluding hydrogens is 659 g/mol. The van der Waals surface area contributed by atoms with Crippen molar-refractivity contribution in [2.24, 2.45) is 0 Å². The molecule has 3 heterocycles. The smallest absolute Gasteiger partial charge is 0.164 e. The van der Waals surface area contributed by atoms with Crippen molar-refractivity contribution in [3.05, 3.63) is 189 Å². The van der Waals surface area contributed by atoms with Crippen LogP contribution in [0.25, 0.3) is 99.9 Å². The molecule has 54 heavy (non-hydrogen) atoms. The predicted molar refractivity (Wildman–Crippen MR) is 221 cm³/mol. The minimum Gasteiger partial charge on any atom is -0.265 e. The van der Waals surface area contributed by atoms with Crippen LogP contribution < -0.4 is 0 Å². The molecule has 5 heteroatoms. The lowest BCUT2D eigenvalue weighted by Crippen LogP contribution is -2.00. The van der Waals surface area contributed by atoms with E-state index in [2.05, 4.69) is 143 Å². The van der Waals surface area contributed by atoms with Crippen molar-refractivity contribution in [3.8, 4) is 67.5 Å². The largest absolute Gasteiger partial charge is 0.265 e. The van der Waals surface area contributed by atoms with Gasteiger partial charge in [-0.2, -0.15) is 0 Å². The van der Waals surface area contributed by atoms with Crippen molar-refractivity contribution in [1.82, 2.24) is 24.9 Å². The molecule has 0 bridgehead atoms. The Morgan fingerprint density at radius 2 is 0.556 bits per heavy atom. The topological polar surface area (TPSA) is 64.5 Å². The zero-order valence-electron chi connectivity index (χ0n) is 29.1. The van der Waals surface area contributed by atoms with Gasteiger partial charge in [-0.1, -0.05) is 115 Å². The average molecular weight is 690 g/mol. The second kappa shape index (κ2) is 13.3. The van der Waals surface area contributed by atoms with Crippen LogP contribution in [0, 0.1) is 0 Å². The highest BCUT2D eigenvalue weighted by atomic mass is 15.0. The first-order chi connectivity index (χ1) is 26.7. The molecule has 0 amide bonds. The molecule has 5 nitrogen and oxygen atoms in total. The Hall–Kier alpha value is -7.37. The molecule has 0 saturated carbocycles. The Morgan fingerprint density at radius 3 is 1.00 bits per heavy atom. The van der Waals surface area contributed by atoms with E-state index in [0.717, 1.165) is 38.9 Å². The lowest BCUT2D eigenvalue weighted by molar-refractivity contribution is 1.07. The van der Waals surface area contributed by atoms with E-state index in [-0.39, 0.29) is 0 Å². The highest BCUT2D eigenvalue weighted by molar-refractivity contribution is 6.25. The molecule has 10 rings (SSSR count). The minimum absolute atomic E-state index is 0.592. The van der Waals surface area contributed by atoms with Crippen molar-refractivity contribution in [3.63, 3.8) is 0 Å². The van der Waals surface area contributed by atoms with Gasteiger partial charge in [0, 0.05) is 41.5 Å². The van der Waals surface area contributed by atoms with E-state index >= 15 is 0 Å². The third-order valence-electron chi connectivity index (χ3n) is 10.1. The van der Waals surface area contributed by atoms with Crippen LogP contribution in [-0.4, -0.2) is 24.9 Å². The van der Waals surface area contributed by atoms with E-state index in [0.29, 0.717) is 17.5 Å². The van der Waals surface area contributed by atoms with Gasteiger partial charge in [-0.05, 0) is 114 Å². The van der Waals surface area contributed by atoms with Crippen LogP contribution in [0.4, 0.5) is 0 Å². The Kier molecular flexibility index (Phi) is 7.73. The number of fused-ring (bicyclic) bond motifs is 6. The van der Waals surface area contributed by atoms with E-state index in [1.165, 1.54) is 43.4 Å². The van der Waals surface area contributed by atoms with E-state index in [9.17, 15) is 0 Å². The summed E-state index contributed by atoms with van der Waals surface area (Å²) in [5, 5.41) is 7.68. The van der Waals surface area contributed by atoms with Gasteiger partial charge in [0.2, 0.25) is 0 Å². The molecular formula is C49H31N5. The second-order valence-electron chi connectivity index (χ2n) is 13.4. The summed E-state index contributed by atoms with van der Waals surface area (Å²) in [6, 6.07) is 58.0. The first-order valence-electron chi connectivity index (χ1n) is 18.0. The number of hydrogen-bond donors (Lipinski definition) is 0. The third kappa shape index (κ3) is 5.74. The summed E-state index contributed by atoms with van der Waals surface area (Å²) in [7, 11) is 0. The molecule has 0 aliphatic heterocycles. The summed E-state index contributed by atoms with van der Waals surface area (Å²) in [6.07, 6.45) is 7.00. The van der Waals surface area contributed by atoms with Crippen LogP contribution in [0.15, 0.2) is 189 Å². The van der Waals surface area contributed by atoms with Crippen LogP contribution in [0.2, 0.25) is 0 Å². The summed E-state index contributed by atoms with van der Waals surface area (Å²) in [5.41, 5.74) is 9.54. The van der Waals surface area contributed by atoms with E-state index in [1.54, 1.807) is 24.8 Å². The minimum atomic E-state index is 0.592. The number of hydrogen-bond acceptors (Lipinski definition) is 5. The Labute approximate surface area is 312 Å². The van der Waals surface area contributed by atoms with Gasteiger partial charge in [0.05, 0.1) is 0 Å². The molecule has 0 unspecified atom stereocenters. The van der Waals surface area contributed by atoms with Gasteiger partial charge in [-0.25, -0.2) is 15.0 Å². The summed E-state index contributed by atoms with van der Waals surface area (Å²) in [4.78, 5) is 23.0. The van der Waals surface area contributed by atoms with Crippen molar-refractivity contribution < 1.29 is 0 Å². The van der Waals surface area contributed by atoms with Gasteiger partial charge in [0.15, 0.2) is 17.5 Å². The molecule has 3 aromatic heterocycles. The van der Waals surface area contributed by atoms with E-state index in [4.69, 9.17) is 15.0 Å². The lowest BCUT2D eigenvalue weighted by Gasteiger charge is -2.13. The first kappa shape index (κ1) is 31.4. The number of aromatic nitrogens is 5. The normalized spacial score (nSPS) is 11.3. The molecule has 0 aliphatic rings. The maximum absolute atomic E-state index is 4.92. The average Bonchev–Trinajstić information content (AvgIpc) is 3.27. The second-order valence-corrected chi connectivity index (χ2v) is 13.4. The van der Waals surface area contributed by atoms with Crippen LogP contribution in [0.5, 0.6) is 0 Å². The molecule has 0 atom stereocenters. The molecule has 10 aromatic rings. The highest BCUT2D eigenvalue weighted by Gasteiger charge is 2.14. The fourth-order valence-electron chi connectivity index (χ4n) is 7.45. The maximum Gasteiger partial charge on any atom is 0.164 e. The SMILES string of the molecule is c1cc(-c2cccc(-c3ccc4c5ccccc5c5ccccc5c4c3)c2)cc(-c2cccc(-c3nc(-c4ccncc4)nc(-c4ccncc4)n3)c2)c1. The molecule has 7 aromatic carbocycles. The zero-order chi connectivity index (χ0) is 35.8. The van der Waals surface area contributed by atoms with Crippen LogP contribution in [0.1, 0.15) is 0 Å². The van der Waals surface area contributed by atoms with Crippen molar-refractivity contribution >= 4 is 32.3 Å². The van der Waals surface area contributed by atoms with Crippen LogP contribution in [-0.2, 0) is 0 Å². The predicted octanol–water partition coefficient (Wildman–Crippen LogP) is 12.1. The molecule has 0 radical (unpaired) electrons. The third-order valence-corrected chi connectivity index (χ3v) is 10.1. The maximum atomic E-state index is 4.92.